The molecule has 8 nitrogen and oxygen atoms in total. The van der Waals surface area contributed by atoms with Gasteiger partial charge in [0.1, 0.15) is 5.82 Å². The summed E-state index contributed by atoms with van der Waals surface area (Å²) < 4.78 is 5.06. The van der Waals surface area contributed by atoms with Crippen LogP contribution in [-0.4, -0.2) is 33.6 Å². The van der Waals surface area contributed by atoms with E-state index in [1.54, 1.807) is 55.6 Å². The minimum Gasteiger partial charge on any atom is -0.478 e. The van der Waals surface area contributed by atoms with Crippen molar-refractivity contribution in [3.63, 3.8) is 0 Å². The number of carboxylic acid groups (broad SMARTS) is 1. The molecule has 0 saturated heterocycles. The van der Waals surface area contributed by atoms with Gasteiger partial charge in [-0.3, -0.25) is 0 Å². The average Bonchev–Trinajstić information content (AvgIpc) is 2.69. The van der Waals surface area contributed by atoms with Gasteiger partial charge in [0.15, 0.2) is 0 Å². The zero-order valence-electron chi connectivity index (χ0n) is 15.0. The van der Waals surface area contributed by atoms with Crippen molar-refractivity contribution in [3.8, 4) is 0 Å². The summed E-state index contributed by atoms with van der Waals surface area (Å²) in [5.41, 5.74) is 1.64. The molecule has 28 heavy (non-hydrogen) atoms. The van der Waals surface area contributed by atoms with E-state index in [-0.39, 0.29) is 18.1 Å². The maximum atomic E-state index is 12.1. The van der Waals surface area contributed by atoms with Crippen molar-refractivity contribution in [1.82, 2.24) is 9.97 Å². The zero-order chi connectivity index (χ0) is 19.9. The molecule has 0 aliphatic heterocycles. The SMILES string of the molecule is CCOC(=O)c1ccccc1Nc1nccc(Nc2cccc(C(=O)O)c2)n1. The molecule has 3 N–H and O–H groups in total. The normalized spacial score (nSPS) is 10.2. The highest BCUT2D eigenvalue weighted by atomic mass is 16.5. The van der Waals surface area contributed by atoms with Crippen LogP contribution in [-0.2, 0) is 4.74 Å². The van der Waals surface area contributed by atoms with E-state index >= 15 is 0 Å². The number of benzene rings is 2. The molecule has 0 aliphatic carbocycles. The maximum Gasteiger partial charge on any atom is 0.340 e. The zero-order valence-corrected chi connectivity index (χ0v) is 15.0. The molecule has 8 heteroatoms. The van der Waals surface area contributed by atoms with Gasteiger partial charge in [-0.15, -0.1) is 0 Å². The summed E-state index contributed by atoms with van der Waals surface area (Å²) in [4.78, 5) is 31.7. The van der Waals surface area contributed by atoms with Crippen molar-refractivity contribution >= 4 is 35.1 Å². The molecule has 2 aromatic carbocycles. The summed E-state index contributed by atoms with van der Waals surface area (Å²) in [5.74, 6) is -0.709. The second kappa shape index (κ2) is 8.63. The molecule has 3 aromatic rings. The second-order valence-electron chi connectivity index (χ2n) is 5.67. The number of aromatic nitrogens is 2. The van der Waals surface area contributed by atoms with Crippen molar-refractivity contribution < 1.29 is 19.4 Å². The van der Waals surface area contributed by atoms with Crippen LogP contribution < -0.4 is 10.6 Å². The number of nitrogens with one attached hydrogen (secondary N) is 2. The Hall–Kier alpha value is -3.94. The molecule has 1 heterocycles. The fourth-order valence-corrected chi connectivity index (χ4v) is 2.47. The van der Waals surface area contributed by atoms with Crippen LogP contribution in [0.3, 0.4) is 0 Å². The van der Waals surface area contributed by atoms with Crippen molar-refractivity contribution in [2.75, 3.05) is 17.2 Å². The lowest BCUT2D eigenvalue weighted by molar-refractivity contribution is 0.0527. The van der Waals surface area contributed by atoms with Gasteiger partial charge in [0.2, 0.25) is 5.95 Å². The third kappa shape index (κ3) is 4.61. The van der Waals surface area contributed by atoms with E-state index in [0.717, 1.165) is 0 Å². The number of ether oxygens (including phenoxy) is 1. The highest BCUT2D eigenvalue weighted by molar-refractivity contribution is 5.96. The maximum absolute atomic E-state index is 12.1. The van der Waals surface area contributed by atoms with E-state index in [9.17, 15) is 9.59 Å². The third-order valence-electron chi connectivity index (χ3n) is 3.71. The van der Waals surface area contributed by atoms with Crippen LogP contribution in [0.4, 0.5) is 23.1 Å². The Labute approximate surface area is 161 Å². The third-order valence-corrected chi connectivity index (χ3v) is 3.71. The first kappa shape index (κ1) is 18.8. The Bertz CT molecular complexity index is 1010. The van der Waals surface area contributed by atoms with Crippen molar-refractivity contribution in [2.24, 2.45) is 0 Å². The van der Waals surface area contributed by atoms with Crippen LogP contribution >= 0.6 is 0 Å². The first-order valence-electron chi connectivity index (χ1n) is 8.53. The Morgan fingerprint density at radius 2 is 1.89 bits per heavy atom. The number of carbonyl (C=O) groups is 2. The number of esters is 1. The van der Waals surface area contributed by atoms with Gasteiger partial charge in [-0.1, -0.05) is 18.2 Å². The van der Waals surface area contributed by atoms with Gasteiger partial charge in [-0.25, -0.2) is 14.6 Å². The summed E-state index contributed by atoms with van der Waals surface area (Å²) in [6.07, 6.45) is 1.55. The quantitative estimate of drug-likeness (QED) is 0.532. The number of carbonyl (C=O) groups excluding carboxylic acids is 1. The monoisotopic (exact) mass is 378 g/mol. The molecule has 0 amide bonds. The van der Waals surface area contributed by atoms with E-state index in [4.69, 9.17) is 9.84 Å². The largest absolute Gasteiger partial charge is 0.478 e. The second-order valence-corrected chi connectivity index (χ2v) is 5.67. The van der Waals surface area contributed by atoms with Gasteiger partial charge in [-0.2, -0.15) is 4.98 Å². The van der Waals surface area contributed by atoms with Gasteiger partial charge in [-0.05, 0) is 43.3 Å². The predicted molar refractivity (Wildman–Crippen MR) is 104 cm³/mol. The number of carboxylic acids is 1. The minimum atomic E-state index is -1.01. The lowest BCUT2D eigenvalue weighted by Crippen LogP contribution is -2.09. The van der Waals surface area contributed by atoms with Crippen molar-refractivity contribution in [1.29, 1.82) is 0 Å². The summed E-state index contributed by atoms with van der Waals surface area (Å²) in [7, 11) is 0. The van der Waals surface area contributed by atoms with Crippen LogP contribution in [0.5, 0.6) is 0 Å². The fraction of sp³-hybridized carbons (Fsp3) is 0.100. The average molecular weight is 378 g/mol. The molecule has 0 aliphatic rings. The Kier molecular flexibility index (Phi) is 5.81. The van der Waals surface area contributed by atoms with Crippen LogP contribution in [0.15, 0.2) is 60.8 Å². The molecule has 0 saturated carbocycles. The number of hydrogen-bond acceptors (Lipinski definition) is 7. The number of nitrogens with zero attached hydrogens (tertiary/aromatic N) is 2. The molecule has 0 atom stereocenters. The predicted octanol–water partition coefficient (Wildman–Crippen LogP) is 3.84. The van der Waals surface area contributed by atoms with Crippen LogP contribution in [0, 0.1) is 0 Å². The van der Waals surface area contributed by atoms with E-state index in [2.05, 4.69) is 20.6 Å². The summed E-state index contributed by atoms with van der Waals surface area (Å²) in [6, 6.07) is 14.9. The Morgan fingerprint density at radius 1 is 1.07 bits per heavy atom. The van der Waals surface area contributed by atoms with Crippen molar-refractivity contribution in [2.45, 2.75) is 6.92 Å². The summed E-state index contributed by atoms with van der Waals surface area (Å²) in [6.45, 7) is 2.02. The van der Waals surface area contributed by atoms with Crippen molar-refractivity contribution in [3.05, 3.63) is 71.9 Å². The number of hydrogen-bond donors (Lipinski definition) is 3. The van der Waals surface area contributed by atoms with E-state index in [1.165, 1.54) is 12.1 Å². The molecule has 0 radical (unpaired) electrons. The van der Waals surface area contributed by atoms with Gasteiger partial charge in [0.25, 0.3) is 0 Å². The minimum absolute atomic E-state index is 0.167. The smallest absolute Gasteiger partial charge is 0.340 e. The van der Waals surface area contributed by atoms with Crippen LogP contribution in [0.25, 0.3) is 0 Å². The van der Waals surface area contributed by atoms with E-state index < -0.39 is 11.9 Å². The lowest BCUT2D eigenvalue weighted by atomic mass is 10.2. The van der Waals surface area contributed by atoms with Gasteiger partial charge < -0.3 is 20.5 Å². The lowest BCUT2D eigenvalue weighted by Gasteiger charge is -2.11. The fourth-order valence-electron chi connectivity index (χ4n) is 2.47. The molecule has 3 rings (SSSR count). The first-order valence-corrected chi connectivity index (χ1v) is 8.53. The first-order chi connectivity index (χ1) is 13.6. The standard InChI is InChI=1S/C20H18N4O4/c1-2-28-19(27)15-8-3-4-9-16(15)23-20-21-11-10-17(24-20)22-14-7-5-6-13(12-14)18(25)26/h3-12H,2H2,1H3,(H,25,26)(H2,21,22,23,24). The molecular formula is C20H18N4O4. The molecule has 142 valence electrons. The number of rotatable bonds is 7. The molecular weight excluding hydrogens is 360 g/mol. The number of anilines is 4. The van der Waals surface area contributed by atoms with E-state index in [1.807, 2.05) is 0 Å². The highest BCUT2D eigenvalue weighted by Crippen LogP contribution is 2.21. The summed E-state index contributed by atoms with van der Waals surface area (Å²) >= 11 is 0. The van der Waals surface area contributed by atoms with Gasteiger partial charge >= 0.3 is 11.9 Å². The molecule has 0 bridgehead atoms. The van der Waals surface area contributed by atoms with Gasteiger partial charge in [0.05, 0.1) is 23.4 Å². The van der Waals surface area contributed by atoms with E-state index in [0.29, 0.717) is 22.8 Å². The number of para-hydroxylation sites is 1. The summed E-state index contributed by atoms with van der Waals surface area (Å²) in [5, 5.41) is 15.1. The van der Waals surface area contributed by atoms with Gasteiger partial charge in [0, 0.05) is 11.9 Å². The molecule has 0 fully saturated rings. The Balaban J connectivity index is 1.80. The Morgan fingerprint density at radius 3 is 2.68 bits per heavy atom. The molecule has 0 unspecified atom stereocenters. The molecule has 1 aromatic heterocycles. The van der Waals surface area contributed by atoms with Crippen LogP contribution in [0.2, 0.25) is 0 Å². The topological polar surface area (TPSA) is 113 Å². The number of aromatic carboxylic acids is 1. The van der Waals surface area contributed by atoms with Crippen LogP contribution in [0.1, 0.15) is 27.6 Å². The molecule has 0 spiro atoms. The highest BCUT2D eigenvalue weighted by Gasteiger charge is 2.13.